The zero-order valence-corrected chi connectivity index (χ0v) is 15.4. The van der Waals surface area contributed by atoms with Crippen molar-refractivity contribution in [2.24, 2.45) is 0 Å². The number of alkyl halides is 1. The van der Waals surface area contributed by atoms with Gasteiger partial charge in [0.1, 0.15) is 27.8 Å². The van der Waals surface area contributed by atoms with Crippen LogP contribution in [0.4, 0.5) is 0 Å². The van der Waals surface area contributed by atoms with E-state index in [1.165, 1.54) is 12.2 Å². The Balaban J connectivity index is 2.67. The van der Waals surface area contributed by atoms with Gasteiger partial charge in [0.15, 0.2) is 0 Å². The maximum absolute atomic E-state index is 11.4. The monoisotopic (exact) mass is 414 g/mol. The van der Waals surface area contributed by atoms with E-state index in [4.69, 9.17) is 45.3 Å². The van der Waals surface area contributed by atoms with Crippen LogP contribution >= 0.6 is 34.8 Å². The highest BCUT2D eigenvalue weighted by Gasteiger charge is 2.40. The highest BCUT2D eigenvalue weighted by Crippen LogP contribution is 2.47. The zero-order chi connectivity index (χ0) is 18.8. The zero-order valence-electron chi connectivity index (χ0n) is 12.3. The molecular weight excluding hydrogens is 407 g/mol. The van der Waals surface area contributed by atoms with Crippen LogP contribution in [0.3, 0.4) is 0 Å². The van der Waals surface area contributed by atoms with Crippen molar-refractivity contribution in [3.8, 4) is 12.1 Å². The Morgan fingerprint density at radius 2 is 1.84 bits per heavy atom. The molecule has 2 atom stereocenters. The van der Waals surface area contributed by atoms with Crippen molar-refractivity contribution in [2.75, 3.05) is 0 Å². The van der Waals surface area contributed by atoms with Crippen LogP contribution < -0.4 is 0 Å². The summed E-state index contributed by atoms with van der Waals surface area (Å²) in [7, 11) is -4.50. The minimum atomic E-state index is -4.50. The summed E-state index contributed by atoms with van der Waals surface area (Å²) in [4.78, 5) is -1.51. The smallest absolute Gasteiger partial charge is 0.276 e. The molecule has 1 aromatic rings. The van der Waals surface area contributed by atoms with Crippen LogP contribution in [0.1, 0.15) is 11.1 Å². The number of benzene rings is 1. The summed E-state index contributed by atoms with van der Waals surface area (Å²) in [5.41, 5.74) is 0.690. The van der Waals surface area contributed by atoms with Gasteiger partial charge in [-0.15, -0.1) is 11.6 Å². The molecule has 25 heavy (non-hydrogen) atoms. The largest absolute Gasteiger partial charge is 0.285 e. The molecule has 0 bridgehead atoms. The van der Waals surface area contributed by atoms with E-state index in [0.717, 1.165) is 6.08 Å². The van der Waals surface area contributed by atoms with E-state index in [-0.39, 0.29) is 15.6 Å². The molecule has 2 rings (SSSR count). The van der Waals surface area contributed by atoms with Crippen molar-refractivity contribution in [2.45, 2.75) is 10.1 Å². The number of hydrogen-bond acceptors (Lipinski definition) is 4. The van der Waals surface area contributed by atoms with Crippen LogP contribution in [0.2, 0.25) is 0 Å². The van der Waals surface area contributed by atoms with Crippen LogP contribution in [0.5, 0.6) is 0 Å². The molecule has 0 aromatic heterocycles. The molecule has 0 heterocycles. The minimum Gasteiger partial charge on any atom is -0.285 e. The molecule has 0 spiro atoms. The van der Waals surface area contributed by atoms with E-state index < -0.39 is 20.2 Å². The van der Waals surface area contributed by atoms with E-state index in [1.807, 2.05) is 0 Å². The number of allylic oxidation sites excluding steroid dienone is 3. The minimum absolute atomic E-state index is 0.0856. The summed E-state index contributed by atoms with van der Waals surface area (Å²) in [6.07, 6.45) is 3.59. The highest BCUT2D eigenvalue weighted by atomic mass is 35.5. The van der Waals surface area contributed by atoms with Crippen LogP contribution in [-0.4, -0.2) is 18.2 Å². The van der Waals surface area contributed by atoms with Crippen LogP contribution in [0.25, 0.3) is 6.08 Å². The Morgan fingerprint density at radius 1 is 1.24 bits per heavy atom. The fourth-order valence-corrected chi connectivity index (χ4v) is 4.30. The second kappa shape index (κ2) is 7.21. The molecule has 9 heteroatoms. The first kappa shape index (κ1) is 19.5. The van der Waals surface area contributed by atoms with Crippen molar-refractivity contribution >= 4 is 51.0 Å². The summed E-state index contributed by atoms with van der Waals surface area (Å²) in [6, 6.07) is 10.1. The van der Waals surface area contributed by atoms with Crippen molar-refractivity contribution in [3.05, 3.63) is 63.2 Å². The van der Waals surface area contributed by atoms with E-state index in [9.17, 15) is 13.0 Å². The van der Waals surface area contributed by atoms with Gasteiger partial charge in [-0.3, -0.25) is 4.55 Å². The Kier molecular flexibility index (Phi) is 5.63. The van der Waals surface area contributed by atoms with Gasteiger partial charge in [-0.25, -0.2) is 0 Å². The Hall–Kier alpha value is -1.80. The summed E-state index contributed by atoms with van der Waals surface area (Å²) in [6.45, 7) is 0. The lowest BCUT2D eigenvalue weighted by atomic mass is 9.89. The summed E-state index contributed by atoms with van der Waals surface area (Å²) in [5, 5.41) is 16.0. The van der Waals surface area contributed by atoms with E-state index in [0.29, 0.717) is 11.1 Å². The van der Waals surface area contributed by atoms with Gasteiger partial charge in [0.05, 0.1) is 0 Å². The van der Waals surface area contributed by atoms with Crippen molar-refractivity contribution < 1.29 is 13.0 Å². The first-order valence-electron chi connectivity index (χ1n) is 6.66. The molecular formula is C16H9Cl3N2O3S. The second-order valence-corrected chi connectivity index (χ2v) is 8.04. The topological polar surface area (TPSA) is 102 Å². The first-order valence-corrected chi connectivity index (χ1v) is 9.30. The standard InChI is InChI=1S/C16H9Cl3N2O3S/c17-13-7-16(19,15(18)6-14(13)25(22,23)24)12-4-2-1-3-11(12)5-10(8-20)9-21/h1-7,14H,(H,22,23,24). The SMILES string of the molecule is N#CC(C#N)=Cc1ccccc1C1(Cl)C=C(Cl)C(S(=O)(=O)O)C=C1Cl. The fourth-order valence-electron chi connectivity index (χ4n) is 2.31. The third-order valence-electron chi connectivity index (χ3n) is 3.47. The van der Waals surface area contributed by atoms with Gasteiger partial charge >= 0.3 is 0 Å². The molecule has 2 unspecified atom stereocenters. The number of halogens is 3. The third kappa shape index (κ3) is 3.90. The Labute approximate surface area is 159 Å². The number of nitriles is 2. The molecule has 0 aliphatic heterocycles. The van der Waals surface area contributed by atoms with Crippen molar-refractivity contribution in [3.63, 3.8) is 0 Å². The maximum Gasteiger partial charge on any atom is 0.276 e. The highest BCUT2D eigenvalue weighted by molar-refractivity contribution is 7.86. The quantitative estimate of drug-likeness (QED) is 0.455. The molecule has 0 amide bonds. The molecule has 0 saturated carbocycles. The molecule has 0 radical (unpaired) electrons. The molecule has 0 fully saturated rings. The lowest BCUT2D eigenvalue weighted by Gasteiger charge is -2.30. The van der Waals surface area contributed by atoms with Crippen molar-refractivity contribution in [1.82, 2.24) is 0 Å². The van der Waals surface area contributed by atoms with E-state index >= 15 is 0 Å². The lowest BCUT2D eigenvalue weighted by molar-refractivity contribution is 0.479. The molecule has 128 valence electrons. The van der Waals surface area contributed by atoms with Crippen LogP contribution in [0, 0.1) is 22.7 Å². The lowest BCUT2D eigenvalue weighted by Crippen LogP contribution is -2.29. The number of hydrogen-bond donors (Lipinski definition) is 1. The number of nitrogens with zero attached hydrogens (tertiary/aromatic N) is 2. The van der Waals surface area contributed by atoms with E-state index in [1.54, 1.807) is 36.4 Å². The molecule has 5 nitrogen and oxygen atoms in total. The fraction of sp³-hybridized carbons (Fsp3) is 0.125. The first-order chi connectivity index (χ1) is 11.6. The van der Waals surface area contributed by atoms with Gasteiger partial charge in [-0.2, -0.15) is 18.9 Å². The Bertz CT molecular complexity index is 984. The average Bonchev–Trinajstić information content (AvgIpc) is 2.55. The Morgan fingerprint density at radius 3 is 2.40 bits per heavy atom. The van der Waals surface area contributed by atoms with Gasteiger partial charge < -0.3 is 0 Å². The van der Waals surface area contributed by atoms with Gasteiger partial charge in [0, 0.05) is 10.1 Å². The molecule has 1 N–H and O–H groups in total. The normalized spacial score (nSPS) is 22.9. The van der Waals surface area contributed by atoms with Crippen LogP contribution in [0.15, 0.2) is 52.1 Å². The van der Waals surface area contributed by atoms with E-state index in [2.05, 4.69) is 0 Å². The summed E-state index contributed by atoms with van der Waals surface area (Å²) < 4.78 is 32.0. The van der Waals surface area contributed by atoms with Crippen molar-refractivity contribution in [1.29, 1.82) is 10.5 Å². The average molecular weight is 416 g/mol. The third-order valence-corrected chi connectivity index (χ3v) is 6.01. The predicted octanol–water partition coefficient (Wildman–Crippen LogP) is 4.07. The van der Waals surface area contributed by atoms with Gasteiger partial charge in [0.2, 0.25) is 0 Å². The molecule has 0 saturated heterocycles. The molecule has 1 aliphatic carbocycles. The summed E-state index contributed by atoms with van der Waals surface area (Å²) in [5.74, 6) is 0. The summed E-state index contributed by atoms with van der Waals surface area (Å²) >= 11 is 18.8. The van der Waals surface area contributed by atoms with Gasteiger partial charge in [-0.05, 0) is 29.4 Å². The molecule has 1 aliphatic rings. The second-order valence-electron chi connectivity index (χ2n) is 5.06. The predicted molar refractivity (Wildman–Crippen MR) is 96.4 cm³/mol. The van der Waals surface area contributed by atoms with Crippen LogP contribution in [-0.2, 0) is 15.0 Å². The van der Waals surface area contributed by atoms with Gasteiger partial charge in [0.25, 0.3) is 10.1 Å². The number of rotatable bonds is 3. The molecule has 1 aromatic carbocycles. The maximum atomic E-state index is 11.4. The van der Waals surface area contributed by atoms with Gasteiger partial charge in [-0.1, -0.05) is 47.5 Å².